The van der Waals surface area contributed by atoms with Gasteiger partial charge in [-0.15, -0.1) is 11.3 Å². The normalized spacial score (nSPS) is 10.4. The van der Waals surface area contributed by atoms with Crippen molar-refractivity contribution in [3.05, 3.63) is 59.6 Å². The minimum Gasteiger partial charge on any atom is -0.467 e. The van der Waals surface area contributed by atoms with E-state index in [9.17, 15) is 9.59 Å². The number of nitrogens with zero attached hydrogens (tertiary/aromatic N) is 2. The van der Waals surface area contributed by atoms with Crippen LogP contribution in [0, 0.1) is 0 Å². The van der Waals surface area contributed by atoms with Gasteiger partial charge in [0, 0.05) is 11.6 Å². The lowest BCUT2D eigenvalue weighted by molar-refractivity contribution is -0.125. The van der Waals surface area contributed by atoms with Crippen LogP contribution < -0.4 is 10.6 Å². The Morgan fingerprint density at radius 2 is 2.04 bits per heavy atom. The number of thiazole rings is 1. The maximum Gasteiger partial charge on any atom is 0.239 e. The van der Waals surface area contributed by atoms with Crippen LogP contribution in [0.5, 0.6) is 0 Å². The van der Waals surface area contributed by atoms with Crippen molar-refractivity contribution in [2.24, 2.45) is 0 Å². The third-order valence-corrected chi connectivity index (χ3v) is 4.18. The van der Waals surface area contributed by atoms with Crippen LogP contribution in [0.3, 0.4) is 0 Å². The standard InChI is InChI=1S/C17H16N4O3S/c22-15(20-10-16(23)19-9-13-4-3-7-24-13)8-12-11-25-17(21-12)14-5-1-2-6-18-14/h1-7,11H,8-10H2,(H,19,23)(H,20,22). The molecule has 0 saturated heterocycles. The Balaban J connectivity index is 1.43. The van der Waals surface area contributed by atoms with E-state index in [1.165, 1.54) is 17.6 Å². The van der Waals surface area contributed by atoms with Crippen molar-refractivity contribution >= 4 is 23.2 Å². The number of carbonyl (C=O) groups excluding carboxylic acids is 2. The summed E-state index contributed by atoms with van der Waals surface area (Å²) in [7, 11) is 0. The summed E-state index contributed by atoms with van der Waals surface area (Å²) in [6, 6.07) is 9.10. The first kappa shape index (κ1) is 16.8. The summed E-state index contributed by atoms with van der Waals surface area (Å²) in [6.07, 6.45) is 3.36. The maximum absolute atomic E-state index is 11.9. The molecule has 25 heavy (non-hydrogen) atoms. The number of rotatable bonds is 7. The largest absolute Gasteiger partial charge is 0.467 e. The van der Waals surface area contributed by atoms with Crippen LogP contribution in [-0.2, 0) is 22.6 Å². The fourth-order valence-electron chi connectivity index (χ4n) is 2.06. The number of furan rings is 1. The fourth-order valence-corrected chi connectivity index (χ4v) is 2.86. The van der Waals surface area contributed by atoms with Crippen molar-refractivity contribution < 1.29 is 14.0 Å². The predicted octanol–water partition coefficient (Wildman–Crippen LogP) is 1.77. The summed E-state index contributed by atoms with van der Waals surface area (Å²) >= 11 is 1.43. The summed E-state index contributed by atoms with van der Waals surface area (Å²) in [5, 5.41) is 7.82. The Morgan fingerprint density at radius 3 is 2.80 bits per heavy atom. The van der Waals surface area contributed by atoms with Crippen LogP contribution in [0.15, 0.2) is 52.6 Å². The number of nitrogens with one attached hydrogen (secondary N) is 2. The topological polar surface area (TPSA) is 97.1 Å². The molecule has 0 aliphatic carbocycles. The second-order valence-corrected chi connectivity index (χ2v) is 6.03. The van der Waals surface area contributed by atoms with Crippen molar-refractivity contribution in [3.8, 4) is 10.7 Å². The van der Waals surface area contributed by atoms with Crippen molar-refractivity contribution in [2.45, 2.75) is 13.0 Å². The van der Waals surface area contributed by atoms with Crippen LogP contribution in [0.1, 0.15) is 11.5 Å². The summed E-state index contributed by atoms with van der Waals surface area (Å²) in [4.78, 5) is 32.3. The number of hydrogen-bond donors (Lipinski definition) is 2. The van der Waals surface area contributed by atoms with E-state index in [4.69, 9.17) is 4.42 Å². The lowest BCUT2D eigenvalue weighted by atomic mass is 10.3. The summed E-state index contributed by atoms with van der Waals surface area (Å²) < 4.78 is 5.11. The minimum atomic E-state index is -0.280. The monoisotopic (exact) mass is 356 g/mol. The first-order valence-corrected chi connectivity index (χ1v) is 8.50. The molecule has 8 heteroatoms. The van der Waals surface area contributed by atoms with Gasteiger partial charge in [-0.1, -0.05) is 6.07 Å². The Kier molecular flexibility index (Phi) is 5.53. The van der Waals surface area contributed by atoms with Gasteiger partial charge in [-0.25, -0.2) is 4.98 Å². The average Bonchev–Trinajstić information content (AvgIpc) is 3.31. The van der Waals surface area contributed by atoms with Gasteiger partial charge < -0.3 is 15.1 Å². The van der Waals surface area contributed by atoms with Gasteiger partial charge in [0.25, 0.3) is 0 Å². The van der Waals surface area contributed by atoms with Gasteiger partial charge in [-0.2, -0.15) is 0 Å². The molecule has 0 unspecified atom stereocenters. The lowest BCUT2D eigenvalue weighted by Gasteiger charge is -2.05. The van der Waals surface area contributed by atoms with Gasteiger partial charge in [-0.3, -0.25) is 14.6 Å². The number of carbonyl (C=O) groups is 2. The second kappa shape index (κ2) is 8.20. The van der Waals surface area contributed by atoms with Crippen LogP contribution in [0.25, 0.3) is 10.7 Å². The van der Waals surface area contributed by atoms with E-state index in [0.29, 0.717) is 18.0 Å². The molecule has 3 heterocycles. The number of aromatic nitrogens is 2. The molecule has 0 aliphatic rings. The molecule has 0 aromatic carbocycles. The summed E-state index contributed by atoms with van der Waals surface area (Å²) in [5.41, 5.74) is 1.43. The molecule has 2 amide bonds. The zero-order valence-corrected chi connectivity index (χ0v) is 14.1. The van der Waals surface area contributed by atoms with Crippen molar-refractivity contribution in [3.63, 3.8) is 0 Å². The molecule has 0 saturated carbocycles. The van der Waals surface area contributed by atoms with E-state index in [1.54, 1.807) is 18.3 Å². The van der Waals surface area contributed by atoms with Crippen LogP contribution in [0.4, 0.5) is 0 Å². The van der Waals surface area contributed by atoms with Crippen molar-refractivity contribution in [2.75, 3.05) is 6.54 Å². The van der Waals surface area contributed by atoms with Crippen molar-refractivity contribution in [1.82, 2.24) is 20.6 Å². The van der Waals surface area contributed by atoms with Crippen LogP contribution in [-0.4, -0.2) is 28.3 Å². The van der Waals surface area contributed by atoms with Gasteiger partial charge >= 0.3 is 0 Å². The van der Waals surface area contributed by atoms with Crippen LogP contribution in [0.2, 0.25) is 0 Å². The van der Waals surface area contributed by atoms with Crippen molar-refractivity contribution in [1.29, 1.82) is 0 Å². The smallest absolute Gasteiger partial charge is 0.239 e. The summed E-state index contributed by atoms with van der Waals surface area (Å²) in [5.74, 6) is 0.118. The highest BCUT2D eigenvalue weighted by molar-refractivity contribution is 7.13. The molecule has 3 aromatic heterocycles. The Morgan fingerprint density at radius 1 is 1.12 bits per heavy atom. The van der Waals surface area contributed by atoms with E-state index >= 15 is 0 Å². The molecule has 0 radical (unpaired) electrons. The molecule has 128 valence electrons. The SMILES string of the molecule is O=C(CNC(=O)Cc1csc(-c2ccccn2)n1)NCc1ccco1. The fraction of sp³-hybridized carbons (Fsp3) is 0.176. The predicted molar refractivity (Wildman–Crippen MR) is 92.6 cm³/mol. The molecule has 7 nitrogen and oxygen atoms in total. The average molecular weight is 356 g/mol. The van der Waals surface area contributed by atoms with Gasteiger partial charge in [0.1, 0.15) is 10.8 Å². The molecule has 0 atom stereocenters. The highest BCUT2D eigenvalue weighted by Gasteiger charge is 2.11. The molecule has 3 aromatic rings. The third kappa shape index (κ3) is 4.98. The Bertz CT molecular complexity index is 831. The molecule has 3 rings (SSSR count). The van der Waals surface area contributed by atoms with Crippen LogP contribution >= 0.6 is 11.3 Å². The van der Waals surface area contributed by atoms with E-state index in [1.807, 2.05) is 23.6 Å². The van der Waals surface area contributed by atoms with E-state index in [0.717, 1.165) is 10.7 Å². The summed E-state index contributed by atoms with van der Waals surface area (Å²) in [6.45, 7) is 0.206. The third-order valence-electron chi connectivity index (χ3n) is 3.26. The molecule has 0 aliphatic heterocycles. The molecular formula is C17H16N4O3S. The quantitative estimate of drug-likeness (QED) is 0.672. The van der Waals surface area contributed by atoms with Gasteiger partial charge in [0.2, 0.25) is 11.8 Å². The Hall–Kier alpha value is -3.00. The maximum atomic E-state index is 11.9. The number of hydrogen-bond acceptors (Lipinski definition) is 6. The van der Waals surface area contributed by atoms with E-state index in [-0.39, 0.29) is 24.8 Å². The second-order valence-electron chi connectivity index (χ2n) is 5.17. The number of amides is 2. The molecule has 0 fully saturated rings. The van der Waals surface area contributed by atoms with Gasteiger partial charge in [0.15, 0.2) is 0 Å². The highest BCUT2D eigenvalue weighted by Crippen LogP contribution is 2.21. The molecular weight excluding hydrogens is 340 g/mol. The first-order valence-electron chi connectivity index (χ1n) is 7.62. The zero-order chi connectivity index (χ0) is 17.5. The van der Waals surface area contributed by atoms with E-state index in [2.05, 4.69) is 20.6 Å². The lowest BCUT2D eigenvalue weighted by Crippen LogP contribution is -2.37. The highest BCUT2D eigenvalue weighted by atomic mass is 32.1. The van der Waals surface area contributed by atoms with E-state index < -0.39 is 0 Å². The number of pyridine rings is 1. The van der Waals surface area contributed by atoms with Gasteiger partial charge in [0.05, 0.1) is 37.2 Å². The molecule has 2 N–H and O–H groups in total. The Labute approximate surface area is 148 Å². The minimum absolute atomic E-state index is 0.0865. The molecule has 0 bridgehead atoms. The first-order chi connectivity index (χ1) is 12.2. The zero-order valence-electron chi connectivity index (χ0n) is 13.3. The molecule has 0 spiro atoms. The van der Waals surface area contributed by atoms with Gasteiger partial charge in [-0.05, 0) is 24.3 Å².